The summed E-state index contributed by atoms with van der Waals surface area (Å²) in [6.45, 7) is 8.70. The number of furan rings is 4. The Labute approximate surface area is 356 Å². The maximum Gasteiger partial charge on any atom is 0.147 e. The Kier molecular flexibility index (Phi) is 7.25. The Bertz CT molecular complexity index is 4000. The van der Waals surface area contributed by atoms with E-state index in [1.54, 1.807) is 0 Å². The second-order valence-corrected chi connectivity index (χ2v) is 17.0. The Hall–Kier alpha value is -7.82. The normalized spacial score (nSPS) is 12.2. The Morgan fingerprint density at radius 3 is 1.15 bits per heavy atom. The van der Waals surface area contributed by atoms with Gasteiger partial charge in [0.25, 0.3) is 0 Å². The monoisotopic (exact) mass is 798 g/mol. The van der Waals surface area contributed by atoms with E-state index in [1.165, 1.54) is 27.8 Å². The van der Waals surface area contributed by atoms with Crippen molar-refractivity contribution >= 4 is 87.8 Å². The quantitative estimate of drug-likeness (QED) is 0.178. The molecule has 0 aliphatic carbocycles. The molecule has 9 aromatic carbocycles. The molecule has 0 radical (unpaired) electrons. The van der Waals surface area contributed by atoms with Gasteiger partial charge in [0, 0.05) is 37.7 Å². The Morgan fingerprint density at radius 2 is 0.677 bits per heavy atom. The van der Waals surface area contributed by atoms with Gasteiger partial charge in [0.15, 0.2) is 0 Å². The summed E-state index contributed by atoms with van der Waals surface area (Å²) in [5.41, 5.74) is 20.8. The molecule has 0 bridgehead atoms. The zero-order chi connectivity index (χ0) is 41.4. The number of rotatable bonds is 4. The van der Waals surface area contributed by atoms with Crippen molar-refractivity contribution in [2.45, 2.75) is 27.7 Å². The molecule has 0 amide bonds. The van der Waals surface area contributed by atoms with Gasteiger partial charge in [-0.05, 0) is 167 Å². The van der Waals surface area contributed by atoms with E-state index in [9.17, 15) is 0 Å². The molecule has 0 atom stereocenters. The molecule has 0 spiro atoms. The van der Waals surface area contributed by atoms with Crippen LogP contribution in [-0.2, 0) is 0 Å². The third kappa shape index (κ3) is 5.07. The van der Waals surface area contributed by atoms with Crippen LogP contribution >= 0.6 is 0 Å². The van der Waals surface area contributed by atoms with E-state index in [0.29, 0.717) is 0 Å². The second kappa shape index (κ2) is 12.8. The molecule has 294 valence electrons. The summed E-state index contributed by atoms with van der Waals surface area (Å²) in [6.07, 6.45) is 0. The van der Waals surface area contributed by atoms with Gasteiger partial charge >= 0.3 is 0 Å². The maximum absolute atomic E-state index is 6.94. The van der Waals surface area contributed by atoms with Gasteiger partial charge in [0.1, 0.15) is 44.7 Å². The molecule has 0 N–H and O–H groups in total. The van der Waals surface area contributed by atoms with Crippen LogP contribution in [0.15, 0.2) is 175 Å². The van der Waals surface area contributed by atoms with Crippen LogP contribution in [0.3, 0.4) is 0 Å². The fourth-order valence-electron chi connectivity index (χ4n) is 10.0. The predicted molar refractivity (Wildman–Crippen MR) is 256 cm³/mol. The smallest absolute Gasteiger partial charge is 0.147 e. The van der Waals surface area contributed by atoms with Crippen LogP contribution in [0.1, 0.15) is 22.3 Å². The zero-order valence-corrected chi connectivity index (χ0v) is 34.6. The molecule has 62 heavy (non-hydrogen) atoms. The molecule has 4 heterocycles. The lowest BCUT2D eigenvalue weighted by Crippen LogP contribution is -1.86. The van der Waals surface area contributed by atoms with Crippen LogP contribution in [0, 0.1) is 27.7 Å². The van der Waals surface area contributed by atoms with Crippen LogP contribution in [0.4, 0.5) is 0 Å². The highest BCUT2D eigenvalue weighted by molar-refractivity contribution is 6.25. The van der Waals surface area contributed by atoms with Crippen LogP contribution < -0.4 is 0 Å². The largest absolute Gasteiger partial charge is 0.456 e. The number of benzene rings is 9. The summed E-state index contributed by atoms with van der Waals surface area (Å²) >= 11 is 0. The van der Waals surface area contributed by atoms with Crippen LogP contribution in [0.25, 0.3) is 132 Å². The highest BCUT2D eigenvalue weighted by Crippen LogP contribution is 2.47. The molecule has 4 nitrogen and oxygen atoms in total. The van der Waals surface area contributed by atoms with Crippen molar-refractivity contribution in [2.24, 2.45) is 0 Å². The summed E-state index contributed by atoms with van der Waals surface area (Å²) in [7, 11) is 0. The second-order valence-electron chi connectivity index (χ2n) is 17.0. The average Bonchev–Trinajstić information content (AvgIpc) is 4.07. The van der Waals surface area contributed by atoms with Gasteiger partial charge in [-0.3, -0.25) is 0 Å². The van der Waals surface area contributed by atoms with Gasteiger partial charge in [-0.25, -0.2) is 0 Å². The van der Waals surface area contributed by atoms with Crippen molar-refractivity contribution in [3.8, 4) is 44.5 Å². The molecule has 0 fully saturated rings. The fraction of sp³-hybridized carbons (Fsp3) is 0.0690. The van der Waals surface area contributed by atoms with Crippen molar-refractivity contribution in [2.75, 3.05) is 0 Å². The first kappa shape index (κ1) is 35.0. The average molecular weight is 799 g/mol. The van der Waals surface area contributed by atoms with Crippen molar-refractivity contribution in [1.82, 2.24) is 0 Å². The van der Waals surface area contributed by atoms with Crippen LogP contribution in [-0.4, -0.2) is 0 Å². The van der Waals surface area contributed by atoms with E-state index >= 15 is 0 Å². The van der Waals surface area contributed by atoms with Gasteiger partial charge in [-0.1, -0.05) is 84.9 Å². The molecule has 4 aromatic heterocycles. The number of fused-ring (bicyclic) bond motifs is 13. The highest BCUT2D eigenvalue weighted by atomic mass is 16.3. The molecule has 0 saturated carbocycles. The van der Waals surface area contributed by atoms with Gasteiger partial charge in [0.05, 0.1) is 5.39 Å². The molecule has 13 aromatic rings. The van der Waals surface area contributed by atoms with E-state index in [2.05, 4.69) is 185 Å². The summed E-state index contributed by atoms with van der Waals surface area (Å²) in [5.74, 6) is 0. The molecular weight excluding hydrogens is 761 g/mol. The SMILES string of the molecule is Cc1cc2oc3c(c(C)c(C)c4oc5cc(C)c(-c6ccc7oc8ccc(-c9ccccc9)cc8c7c6)cc5c43)c2cc1-c1ccc2oc3ccc(-c4ccccc4)cc3c2c1. The third-order valence-electron chi connectivity index (χ3n) is 13.3. The molecule has 0 aliphatic heterocycles. The van der Waals surface area contributed by atoms with Gasteiger partial charge in [-0.2, -0.15) is 0 Å². The summed E-state index contributed by atoms with van der Waals surface area (Å²) in [6, 6.07) is 56.0. The van der Waals surface area contributed by atoms with Crippen molar-refractivity contribution < 1.29 is 17.7 Å². The predicted octanol–water partition coefficient (Wildman–Crippen LogP) is 17.2. The third-order valence-corrected chi connectivity index (χ3v) is 13.3. The van der Waals surface area contributed by atoms with Crippen molar-refractivity contribution in [3.05, 3.63) is 180 Å². The molecule has 0 unspecified atom stereocenters. The topological polar surface area (TPSA) is 52.6 Å². The Morgan fingerprint density at radius 1 is 0.274 bits per heavy atom. The summed E-state index contributed by atoms with van der Waals surface area (Å²) in [4.78, 5) is 0. The minimum absolute atomic E-state index is 0.854. The lowest BCUT2D eigenvalue weighted by molar-refractivity contribution is 0.659. The zero-order valence-electron chi connectivity index (χ0n) is 34.6. The van der Waals surface area contributed by atoms with Crippen LogP contribution in [0.5, 0.6) is 0 Å². The first-order chi connectivity index (χ1) is 30.3. The van der Waals surface area contributed by atoms with E-state index in [-0.39, 0.29) is 0 Å². The van der Waals surface area contributed by atoms with E-state index in [1.807, 2.05) is 0 Å². The first-order valence-electron chi connectivity index (χ1n) is 21.2. The molecule has 4 heteroatoms. The minimum atomic E-state index is 0.854. The minimum Gasteiger partial charge on any atom is -0.456 e. The molecule has 0 saturated heterocycles. The van der Waals surface area contributed by atoms with Gasteiger partial charge < -0.3 is 17.7 Å². The first-order valence-corrected chi connectivity index (χ1v) is 21.2. The molecule has 0 aliphatic rings. The standard InChI is InChI=1S/C58H38O4/c1-31-23-53-47(29-41(31)39-17-21-51-45(27-39)43-25-37(15-19-49(43)59-51)35-11-7-5-8-12-35)55-33(3)34(4)57-56(58(55)62-53)48-30-42(32(2)24-54(48)61-57)40-18-22-52-46(28-40)44-26-38(16-20-50(44)60-52)36-13-9-6-10-14-36/h5-30H,1-4H3. The van der Waals surface area contributed by atoms with E-state index < -0.39 is 0 Å². The summed E-state index contributed by atoms with van der Waals surface area (Å²) < 4.78 is 26.4. The number of hydrogen-bond donors (Lipinski definition) is 0. The lowest BCUT2D eigenvalue weighted by atomic mass is 9.93. The fourth-order valence-corrected chi connectivity index (χ4v) is 10.0. The van der Waals surface area contributed by atoms with E-state index in [0.717, 1.165) is 127 Å². The van der Waals surface area contributed by atoms with Crippen molar-refractivity contribution in [3.63, 3.8) is 0 Å². The number of hydrogen-bond acceptors (Lipinski definition) is 4. The number of aryl methyl sites for hydroxylation is 4. The lowest BCUT2D eigenvalue weighted by Gasteiger charge is -2.08. The van der Waals surface area contributed by atoms with E-state index in [4.69, 9.17) is 17.7 Å². The van der Waals surface area contributed by atoms with Crippen molar-refractivity contribution in [1.29, 1.82) is 0 Å². The Balaban J connectivity index is 0.973. The maximum atomic E-state index is 6.94. The van der Waals surface area contributed by atoms with Crippen LogP contribution in [0.2, 0.25) is 0 Å². The highest BCUT2D eigenvalue weighted by Gasteiger charge is 2.24. The van der Waals surface area contributed by atoms with Gasteiger partial charge in [0.2, 0.25) is 0 Å². The summed E-state index contributed by atoms with van der Waals surface area (Å²) in [5, 5.41) is 8.70. The van der Waals surface area contributed by atoms with Gasteiger partial charge in [-0.15, -0.1) is 0 Å². The molecule has 13 rings (SSSR count). The molecular formula is C58H38O4.